The van der Waals surface area contributed by atoms with E-state index in [1.54, 1.807) is 0 Å². The van der Waals surface area contributed by atoms with Gasteiger partial charge in [0.25, 0.3) is 11.4 Å². The first kappa shape index (κ1) is 22.9. The number of benzene rings is 3. The first-order valence-corrected chi connectivity index (χ1v) is 9.38. The van der Waals surface area contributed by atoms with Crippen molar-refractivity contribution in [1.29, 1.82) is 0 Å². The van der Waals surface area contributed by atoms with Gasteiger partial charge >= 0.3 is 11.9 Å². The minimum atomic E-state index is -0.825. The summed E-state index contributed by atoms with van der Waals surface area (Å²) in [5.41, 5.74) is 0.622. The van der Waals surface area contributed by atoms with Crippen molar-refractivity contribution < 1.29 is 34.0 Å². The van der Waals surface area contributed by atoms with Crippen molar-refractivity contribution in [2.75, 3.05) is 0 Å². The summed E-state index contributed by atoms with van der Waals surface area (Å²) in [6, 6.07) is 14.3. The van der Waals surface area contributed by atoms with Crippen LogP contribution in [0.5, 0.6) is 5.75 Å². The molecule has 0 fully saturated rings. The molecular formula is C22H16N2O9. The van der Waals surface area contributed by atoms with Gasteiger partial charge in [0.1, 0.15) is 19.0 Å². The van der Waals surface area contributed by atoms with E-state index in [-0.39, 0.29) is 41.5 Å². The van der Waals surface area contributed by atoms with E-state index in [0.717, 1.165) is 12.1 Å². The number of rotatable bonds is 8. The maximum Gasteiger partial charge on any atom is 0.338 e. The van der Waals surface area contributed by atoms with Gasteiger partial charge in [-0.2, -0.15) is 0 Å². The van der Waals surface area contributed by atoms with Crippen LogP contribution in [-0.4, -0.2) is 26.9 Å². The molecule has 0 saturated heterocycles. The van der Waals surface area contributed by atoms with Gasteiger partial charge in [0, 0.05) is 24.3 Å². The van der Waals surface area contributed by atoms with Crippen LogP contribution < -0.4 is 0 Å². The lowest BCUT2D eigenvalue weighted by Crippen LogP contribution is -2.09. The van der Waals surface area contributed by atoms with E-state index in [2.05, 4.69) is 0 Å². The van der Waals surface area contributed by atoms with Crippen LogP contribution in [0.3, 0.4) is 0 Å². The highest BCUT2D eigenvalue weighted by atomic mass is 16.6. The number of hydrogen-bond donors (Lipinski definition) is 1. The molecule has 3 aromatic rings. The Balaban J connectivity index is 1.62. The molecule has 33 heavy (non-hydrogen) atoms. The summed E-state index contributed by atoms with van der Waals surface area (Å²) in [4.78, 5) is 44.9. The summed E-state index contributed by atoms with van der Waals surface area (Å²) < 4.78 is 10.3. The molecule has 0 unspecified atom stereocenters. The van der Waals surface area contributed by atoms with E-state index in [0.29, 0.717) is 11.1 Å². The number of aromatic hydroxyl groups is 1. The molecule has 0 atom stereocenters. The number of nitro groups is 2. The van der Waals surface area contributed by atoms with Crippen LogP contribution in [-0.2, 0) is 22.7 Å². The Hall–Kier alpha value is -4.80. The van der Waals surface area contributed by atoms with Crippen LogP contribution in [0.15, 0.2) is 66.7 Å². The van der Waals surface area contributed by atoms with E-state index in [1.807, 2.05) is 0 Å². The number of carbonyl (C=O) groups is 2. The molecule has 0 saturated carbocycles. The van der Waals surface area contributed by atoms with Gasteiger partial charge < -0.3 is 14.6 Å². The molecule has 0 aliphatic rings. The van der Waals surface area contributed by atoms with Gasteiger partial charge in [-0.05, 0) is 53.6 Å². The van der Waals surface area contributed by atoms with Crippen molar-refractivity contribution >= 4 is 23.3 Å². The number of nitro benzene ring substituents is 2. The van der Waals surface area contributed by atoms with E-state index >= 15 is 0 Å². The zero-order valence-electron chi connectivity index (χ0n) is 16.9. The van der Waals surface area contributed by atoms with Gasteiger partial charge in [0.05, 0.1) is 21.0 Å². The second kappa shape index (κ2) is 10.0. The molecule has 0 amide bonds. The zero-order chi connectivity index (χ0) is 24.0. The minimum absolute atomic E-state index is 0.0980. The lowest BCUT2D eigenvalue weighted by molar-refractivity contribution is -0.385. The molecule has 0 spiro atoms. The highest BCUT2D eigenvalue weighted by Gasteiger charge is 2.16. The van der Waals surface area contributed by atoms with Crippen LogP contribution in [0.25, 0.3) is 0 Å². The third-order valence-electron chi connectivity index (χ3n) is 4.42. The summed E-state index contributed by atoms with van der Waals surface area (Å²) in [6.07, 6.45) is 0. The summed E-state index contributed by atoms with van der Waals surface area (Å²) in [7, 11) is 0. The lowest BCUT2D eigenvalue weighted by atomic mass is 10.1. The van der Waals surface area contributed by atoms with Gasteiger partial charge in [-0.1, -0.05) is 0 Å². The molecule has 0 bridgehead atoms. The van der Waals surface area contributed by atoms with Crippen LogP contribution in [0.2, 0.25) is 0 Å². The molecule has 0 aliphatic heterocycles. The topological polar surface area (TPSA) is 159 Å². The molecule has 3 rings (SSSR count). The molecule has 0 aliphatic carbocycles. The third-order valence-corrected chi connectivity index (χ3v) is 4.42. The van der Waals surface area contributed by atoms with Gasteiger partial charge in [-0.25, -0.2) is 9.59 Å². The second-order valence-corrected chi connectivity index (χ2v) is 6.77. The molecule has 11 nitrogen and oxygen atoms in total. The maximum absolute atomic E-state index is 12.3. The standard InChI is InChI=1S/C22H16N2O9/c25-20-10-16(21(26)32-12-14-1-5-18(6-2-14)23(28)29)9-17(11-20)22(27)33-13-15-3-7-19(8-4-15)24(30)31/h1-11,25H,12-13H2. The third kappa shape index (κ3) is 6.10. The van der Waals surface area contributed by atoms with Crippen molar-refractivity contribution in [2.45, 2.75) is 13.2 Å². The van der Waals surface area contributed by atoms with Gasteiger partial charge in [0.2, 0.25) is 0 Å². The average Bonchev–Trinajstić information content (AvgIpc) is 2.81. The fourth-order valence-corrected chi connectivity index (χ4v) is 2.74. The number of ether oxygens (including phenoxy) is 2. The molecule has 3 aromatic carbocycles. The quantitative estimate of drug-likeness (QED) is 0.303. The van der Waals surface area contributed by atoms with Crippen molar-refractivity contribution in [3.05, 3.63) is 109 Å². The van der Waals surface area contributed by atoms with Crippen LogP contribution in [0.4, 0.5) is 11.4 Å². The molecule has 1 N–H and O–H groups in total. The van der Waals surface area contributed by atoms with E-state index in [9.17, 15) is 34.9 Å². The van der Waals surface area contributed by atoms with Crippen LogP contribution in [0, 0.1) is 20.2 Å². The predicted octanol–water partition coefficient (Wildman–Crippen LogP) is 3.92. The fourth-order valence-electron chi connectivity index (χ4n) is 2.74. The van der Waals surface area contributed by atoms with Crippen LogP contribution >= 0.6 is 0 Å². The number of phenolic OH excluding ortho intramolecular Hbond substituents is 1. The van der Waals surface area contributed by atoms with Gasteiger partial charge in [0.15, 0.2) is 0 Å². The number of esters is 2. The molecular weight excluding hydrogens is 436 g/mol. The predicted molar refractivity (Wildman–Crippen MR) is 113 cm³/mol. The lowest BCUT2D eigenvalue weighted by Gasteiger charge is -2.09. The molecule has 0 radical (unpaired) electrons. The average molecular weight is 452 g/mol. The van der Waals surface area contributed by atoms with Crippen LogP contribution in [0.1, 0.15) is 31.8 Å². The zero-order valence-corrected chi connectivity index (χ0v) is 16.9. The highest BCUT2D eigenvalue weighted by molar-refractivity contribution is 5.96. The molecule has 168 valence electrons. The Morgan fingerprint density at radius 1 is 0.697 bits per heavy atom. The van der Waals surface area contributed by atoms with E-state index < -0.39 is 21.8 Å². The van der Waals surface area contributed by atoms with Crippen molar-refractivity contribution in [3.63, 3.8) is 0 Å². The van der Waals surface area contributed by atoms with Gasteiger partial charge in [-0.15, -0.1) is 0 Å². The Labute approximate surface area is 186 Å². The van der Waals surface area contributed by atoms with Crippen molar-refractivity contribution in [1.82, 2.24) is 0 Å². The monoisotopic (exact) mass is 452 g/mol. The molecule has 0 heterocycles. The van der Waals surface area contributed by atoms with Gasteiger partial charge in [-0.3, -0.25) is 20.2 Å². The first-order chi connectivity index (χ1) is 15.7. The highest BCUT2D eigenvalue weighted by Crippen LogP contribution is 2.20. The number of nitrogens with zero attached hydrogens (tertiary/aromatic N) is 2. The van der Waals surface area contributed by atoms with E-state index in [4.69, 9.17) is 9.47 Å². The van der Waals surface area contributed by atoms with Crippen molar-refractivity contribution in [3.8, 4) is 5.75 Å². The number of phenols is 1. The number of hydrogen-bond acceptors (Lipinski definition) is 9. The Bertz CT molecular complexity index is 1110. The summed E-state index contributed by atoms with van der Waals surface area (Å²) in [5.74, 6) is -2.01. The second-order valence-electron chi connectivity index (χ2n) is 6.77. The minimum Gasteiger partial charge on any atom is -0.508 e. The Kier molecular flexibility index (Phi) is 6.94. The smallest absolute Gasteiger partial charge is 0.338 e. The summed E-state index contributed by atoms with van der Waals surface area (Å²) in [5, 5.41) is 31.2. The number of non-ortho nitro benzene ring substituents is 2. The number of carbonyl (C=O) groups excluding carboxylic acids is 2. The van der Waals surface area contributed by atoms with E-state index in [1.165, 1.54) is 54.6 Å². The van der Waals surface area contributed by atoms with Crippen molar-refractivity contribution in [2.24, 2.45) is 0 Å². The molecule has 11 heteroatoms. The first-order valence-electron chi connectivity index (χ1n) is 9.38. The Morgan fingerprint density at radius 3 is 1.39 bits per heavy atom. The molecule has 0 aromatic heterocycles. The SMILES string of the molecule is O=C(OCc1ccc([N+](=O)[O-])cc1)c1cc(O)cc(C(=O)OCc2ccc([N+](=O)[O-])cc2)c1. The summed E-state index contributed by atoms with van der Waals surface area (Å²) >= 11 is 0. The largest absolute Gasteiger partial charge is 0.508 e. The Morgan fingerprint density at radius 2 is 1.06 bits per heavy atom. The fraction of sp³-hybridized carbons (Fsp3) is 0.0909. The maximum atomic E-state index is 12.3. The normalized spacial score (nSPS) is 10.3. The summed E-state index contributed by atoms with van der Waals surface area (Å²) in [6.45, 7) is -0.348.